The van der Waals surface area contributed by atoms with Gasteiger partial charge in [0, 0.05) is 37.3 Å². The molecule has 4 rings (SSSR count). The van der Waals surface area contributed by atoms with E-state index in [1.54, 1.807) is 22.4 Å². The monoisotopic (exact) mass is 437 g/mol. The van der Waals surface area contributed by atoms with Crippen LogP contribution in [0, 0.1) is 5.82 Å². The van der Waals surface area contributed by atoms with Crippen molar-refractivity contribution in [3.05, 3.63) is 69.8 Å². The van der Waals surface area contributed by atoms with Crippen LogP contribution in [0.25, 0.3) is 10.9 Å². The van der Waals surface area contributed by atoms with Crippen molar-refractivity contribution in [3.63, 3.8) is 0 Å². The lowest BCUT2D eigenvalue weighted by Crippen LogP contribution is -2.33. The Balaban J connectivity index is 1.78. The van der Waals surface area contributed by atoms with E-state index in [1.807, 2.05) is 4.90 Å². The quantitative estimate of drug-likeness (QED) is 0.620. The molecular weight excluding hydrogens is 418 g/mol. The number of benzene rings is 2. The Morgan fingerprint density at radius 3 is 2.37 bits per heavy atom. The molecule has 1 aromatic heterocycles. The molecule has 2 aromatic carbocycles. The van der Waals surface area contributed by atoms with Crippen molar-refractivity contribution in [2.75, 3.05) is 35.2 Å². The fourth-order valence-corrected chi connectivity index (χ4v) is 4.50. The SMILES string of the molecule is Nc1cn(Cc2ccc(C(F)(F)F)cc2)c2cc(N3CCSCC3)c(F)cc2c1=O. The number of hydrogen-bond donors (Lipinski definition) is 1. The van der Waals surface area contributed by atoms with E-state index in [4.69, 9.17) is 5.73 Å². The number of rotatable bonds is 3. The molecule has 4 nitrogen and oxygen atoms in total. The Kier molecular flexibility index (Phi) is 5.40. The summed E-state index contributed by atoms with van der Waals surface area (Å²) in [7, 11) is 0. The van der Waals surface area contributed by atoms with E-state index < -0.39 is 23.0 Å². The normalized spacial score (nSPS) is 15.0. The van der Waals surface area contributed by atoms with Crippen molar-refractivity contribution in [2.24, 2.45) is 0 Å². The van der Waals surface area contributed by atoms with Gasteiger partial charge in [0.05, 0.1) is 27.8 Å². The van der Waals surface area contributed by atoms with Crippen molar-refractivity contribution in [3.8, 4) is 0 Å². The van der Waals surface area contributed by atoms with E-state index in [2.05, 4.69) is 0 Å². The molecule has 0 unspecified atom stereocenters. The summed E-state index contributed by atoms with van der Waals surface area (Å²) in [5.74, 6) is 1.29. The molecule has 2 heterocycles. The number of aromatic nitrogens is 1. The molecule has 158 valence electrons. The van der Waals surface area contributed by atoms with Gasteiger partial charge in [0.15, 0.2) is 0 Å². The van der Waals surface area contributed by atoms with Crippen LogP contribution in [0.4, 0.5) is 28.9 Å². The summed E-state index contributed by atoms with van der Waals surface area (Å²) in [5, 5.41) is 0.148. The summed E-state index contributed by atoms with van der Waals surface area (Å²) >= 11 is 1.80. The van der Waals surface area contributed by atoms with Crippen molar-refractivity contribution in [1.82, 2.24) is 4.57 Å². The fraction of sp³-hybridized carbons (Fsp3) is 0.286. The number of anilines is 2. The maximum Gasteiger partial charge on any atom is 0.416 e. The summed E-state index contributed by atoms with van der Waals surface area (Å²) in [6.45, 7) is 1.59. The van der Waals surface area contributed by atoms with Gasteiger partial charge in [-0.15, -0.1) is 0 Å². The Morgan fingerprint density at radius 1 is 1.07 bits per heavy atom. The molecule has 0 spiro atoms. The number of alkyl halides is 3. The van der Waals surface area contributed by atoms with E-state index in [1.165, 1.54) is 24.4 Å². The molecule has 0 saturated carbocycles. The first-order valence-electron chi connectivity index (χ1n) is 9.35. The van der Waals surface area contributed by atoms with Crippen LogP contribution in [0.2, 0.25) is 0 Å². The highest BCUT2D eigenvalue weighted by Gasteiger charge is 2.30. The standard InChI is InChI=1S/C21H19F4N3OS/c22-16-9-15-18(10-19(16)27-5-7-30-8-6-27)28(12-17(26)20(15)29)11-13-1-3-14(4-2-13)21(23,24)25/h1-4,9-10,12H,5-8,11,26H2. The minimum absolute atomic E-state index is 0.0454. The third-order valence-corrected chi connectivity index (χ3v) is 6.10. The van der Waals surface area contributed by atoms with Crippen LogP contribution in [0.1, 0.15) is 11.1 Å². The van der Waals surface area contributed by atoms with Crippen molar-refractivity contribution in [1.29, 1.82) is 0 Å². The Bertz CT molecular complexity index is 1140. The van der Waals surface area contributed by atoms with Crippen LogP contribution >= 0.6 is 11.8 Å². The number of hydrogen-bond acceptors (Lipinski definition) is 4. The smallest absolute Gasteiger partial charge is 0.394 e. The van der Waals surface area contributed by atoms with Crippen LogP contribution in [-0.4, -0.2) is 29.2 Å². The molecule has 30 heavy (non-hydrogen) atoms. The van der Waals surface area contributed by atoms with Gasteiger partial charge < -0.3 is 15.2 Å². The highest BCUT2D eigenvalue weighted by molar-refractivity contribution is 7.99. The van der Waals surface area contributed by atoms with Crippen LogP contribution in [-0.2, 0) is 12.7 Å². The molecule has 9 heteroatoms. The van der Waals surface area contributed by atoms with E-state index in [-0.39, 0.29) is 17.6 Å². The van der Waals surface area contributed by atoms with Gasteiger partial charge in [-0.05, 0) is 29.8 Å². The summed E-state index contributed by atoms with van der Waals surface area (Å²) in [6.07, 6.45) is -2.96. The maximum atomic E-state index is 14.8. The van der Waals surface area contributed by atoms with Gasteiger partial charge in [0.2, 0.25) is 5.43 Å². The zero-order valence-electron chi connectivity index (χ0n) is 15.9. The van der Waals surface area contributed by atoms with E-state index in [9.17, 15) is 22.4 Å². The lowest BCUT2D eigenvalue weighted by molar-refractivity contribution is -0.137. The number of fused-ring (bicyclic) bond motifs is 1. The van der Waals surface area contributed by atoms with Crippen molar-refractivity contribution in [2.45, 2.75) is 12.7 Å². The molecule has 0 radical (unpaired) electrons. The lowest BCUT2D eigenvalue weighted by Gasteiger charge is -2.29. The van der Waals surface area contributed by atoms with Crippen LogP contribution in [0.5, 0.6) is 0 Å². The number of pyridine rings is 1. The number of thioether (sulfide) groups is 1. The predicted octanol–water partition coefficient (Wildman–Crippen LogP) is 4.34. The predicted molar refractivity (Wildman–Crippen MR) is 113 cm³/mol. The molecule has 0 bridgehead atoms. The van der Waals surface area contributed by atoms with E-state index >= 15 is 0 Å². The first kappa shape index (κ1) is 20.6. The van der Waals surface area contributed by atoms with Gasteiger partial charge >= 0.3 is 6.18 Å². The molecule has 1 aliphatic heterocycles. The Hall–Kier alpha value is -2.68. The van der Waals surface area contributed by atoms with Crippen LogP contribution in [0.15, 0.2) is 47.4 Å². The largest absolute Gasteiger partial charge is 0.416 e. The highest BCUT2D eigenvalue weighted by atomic mass is 32.2. The van der Waals surface area contributed by atoms with Gasteiger partial charge in [-0.2, -0.15) is 24.9 Å². The van der Waals surface area contributed by atoms with Gasteiger partial charge in [0.1, 0.15) is 5.82 Å². The number of halogens is 4. The Morgan fingerprint density at radius 2 is 1.73 bits per heavy atom. The van der Waals surface area contributed by atoms with E-state index in [0.29, 0.717) is 29.9 Å². The first-order valence-corrected chi connectivity index (χ1v) is 10.5. The van der Waals surface area contributed by atoms with Crippen molar-refractivity contribution >= 4 is 34.0 Å². The molecule has 2 N–H and O–H groups in total. The summed E-state index contributed by atoms with van der Waals surface area (Å²) < 4.78 is 54.9. The third-order valence-electron chi connectivity index (χ3n) is 5.16. The second-order valence-electron chi connectivity index (χ2n) is 7.16. The number of nitrogens with two attached hydrogens (primary N) is 1. The maximum absolute atomic E-state index is 14.8. The number of nitrogen functional groups attached to an aromatic ring is 1. The van der Waals surface area contributed by atoms with Gasteiger partial charge in [-0.3, -0.25) is 4.79 Å². The second-order valence-corrected chi connectivity index (χ2v) is 8.38. The molecule has 0 amide bonds. The Labute approximate surface area is 174 Å². The summed E-state index contributed by atoms with van der Waals surface area (Å²) in [4.78, 5) is 14.4. The fourth-order valence-electron chi connectivity index (χ4n) is 3.60. The minimum Gasteiger partial charge on any atom is -0.394 e. The molecule has 0 atom stereocenters. The topological polar surface area (TPSA) is 51.3 Å². The summed E-state index contributed by atoms with van der Waals surface area (Å²) in [6, 6.07) is 7.63. The molecule has 1 aliphatic rings. The second kappa shape index (κ2) is 7.86. The third kappa shape index (κ3) is 3.98. The van der Waals surface area contributed by atoms with Crippen LogP contribution in [0.3, 0.4) is 0 Å². The average molecular weight is 437 g/mol. The van der Waals surface area contributed by atoms with Gasteiger partial charge in [0.25, 0.3) is 0 Å². The molecule has 1 saturated heterocycles. The minimum atomic E-state index is -4.41. The molecule has 0 aliphatic carbocycles. The molecule has 1 fully saturated rings. The zero-order valence-corrected chi connectivity index (χ0v) is 16.7. The zero-order chi connectivity index (χ0) is 21.5. The summed E-state index contributed by atoms with van der Waals surface area (Å²) in [5.41, 5.74) is 6.10. The van der Waals surface area contributed by atoms with Gasteiger partial charge in [-0.1, -0.05) is 12.1 Å². The number of nitrogens with zero attached hydrogens (tertiary/aromatic N) is 2. The first-order chi connectivity index (χ1) is 14.2. The highest BCUT2D eigenvalue weighted by Crippen LogP contribution is 2.30. The molecule has 3 aromatic rings. The average Bonchev–Trinajstić information content (AvgIpc) is 2.72. The van der Waals surface area contributed by atoms with E-state index in [0.717, 1.165) is 23.6 Å². The molecular formula is C21H19F4N3OS. The lowest BCUT2D eigenvalue weighted by atomic mass is 10.1. The van der Waals surface area contributed by atoms with Gasteiger partial charge in [-0.25, -0.2) is 4.39 Å². The van der Waals surface area contributed by atoms with Crippen molar-refractivity contribution < 1.29 is 17.6 Å². The van der Waals surface area contributed by atoms with Crippen LogP contribution < -0.4 is 16.1 Å².